The monoisotopic (exact) mass is 225 g/mol. The van der Waals surface area contributed by atoms with Crippen molar-refractivity contribution in [2.24, 2.45) is 5.92 Å². The van der Waals surface area contributed by atoms with Crippen molar-refractivity contribution in [2.45, 2.75) is 59.8 Å². The summed E-state index contributed by atoms with van der Waals surface area (Å²) in [5, 5.41) is 0. The molecule has 0 N–H and O–H groups in total. The molecule has 15 heavy (non-hydrogen) atoms. The van der Waals surface area contributed by atoms with Crippen LogP contribution in [0, 0.1) is 19.8 Å². The molecule has 2 atom stereocenters. The third-order valence-electron chi connectivity index (χ3n) is 3.47. The van der Waals surface area contributed by atoms with E-state index in [-0.39, 0.29) is 0 Å². The van der Waals surface area contributed by atoms with E-state index in [9.17, 15) is 0 Å². The minimum Gasteiger partial charge on any atom is -0.197 e. The number of aryl methyl sites for hydroxylation is 1. The van der Waals surface area contributed by atoms with Crippen LogP contribution < -0.4 is 0 Å². The van der Waals surface area contributed by atoms with Crippen LogP contribution in [0.25, 0.3) is 0 Å². The topological polar surface area (TPSA) is 12.9 Å². The van der Waals surface area contributed by atoms with Gasteiger partial charge in [0.15, 0.2) is 0 Å². The number of hydrogen-bond donors (Lipinski definition) is 0. The normalized spacial score (nSPS) is 15.3. The molecular weight excluding hydrogens is 202 g/mol. The van der Waals surface area contributed by atoms with Gasteiger partial charge < -0.3 is 0 Å². The fraction of sp³-hybridized carbons (Fsp3) is 0.769. The Balaban J connectivity index is 2.93. The predicted octanol–water partition coefficient (Wildman–Crippen LogP) is 4.69. The zero-order chi connectivity index (χ0) is 11.4. The molecular formula is C13H23NS. The molecule has 0 saturated heterocycles. The van der Waals surface area contributed by atoms with Crippen LogP contribution in [-0.4, -0.2) is 4.37 Å². The Bertz CT molecular complexity index is 303. The molecule has 0 spiro atoms. The first-order chi connectivity index (χ1) is 7.11. The number of hydrogen-bond acceptors (Lipinski definition) is 2. The van der Waals surface area contributed by atoms with Gasteiger partial charge in [-0.15, -0.1) is 0 Å². The summed E-state index contributed by atoms with van der Waals surface area (Å²) in [5.74, 6) is 1.43. The summed E-state index contributed by atoms with van der Waals surface area (Å²) in [6, 6.07) is 0. The van der Waals surface area contributed by atoms with Crippen molar-refractivity contribution in [1.82, 2.24) is 4.37 Å². The Morgan fingerprint density at radius 3 is 2.33 bits per heavy atom. The van der Waals surface area contributed by atoms with Gasteiger partial charge in [-0.25, -0.2) is 0 Å². The van der Waals surface area contributed by atoms with Crippen LogP contribution in [0.1, 0.15) is 62.1 Å². The summed E-state index contributed by atoms with van der Waals surface area (Å²) in [5.41, 5.74) is 2.80. The van der Waals surface area contributed by atoms with Gasteiger partial charge in [0.2, 0.25) is 0 Å². The van der Waals surface area contributed by atoms with Crippen LogP contribution in [-0.2, 0) is 0 Å². The third kappa shape index (κ3) is 2.81. The third-order valence-corrected chi connectivity index (χ3v) is 4.34. The van der Waals surface area contributed by atoms with Crippen LogP contribution in [0.15, 0.2) is 0 Å². The van der Waals surface area contributed by atoms with Gasteiger partial charge in [0.25, 0.3) is 0 Å². The zero-order valence-electron chi connectivity index (χ0n) is 10.6. The summed E-state index contributed by atoms with van der Waals surface area (Å²) >= 11 is 1.66. The molecule has 0 aliphatic heterocycles. The van der Waals surface area contributed by atoms with Crippen LogP contribution in [0.2, 0.25) is 0 Å². The van der Waals surface area contributed by atoms with Crippen molar-refractivity contribution in [3.05, 3.63) is 16.1 Å². The minimum atomic E-state index is 0.671. The first kappa shape index (κ1) is 12.7. The Morgan fingerprint density at radius 2 is 1.93 bits per heavy atom. The molecule has 2 unspecified atom stereocenters. The second-order valence-electron chi connectivity index (χ2n) is 4.53. The average molecular weight is 225 g/mol. The highest BCUT2D eigenvalue weighted by Crippen LogP contribution is 2.34. The van der Waals surface area contributed by atoms with Crippen molar-refractivity contribution in [1.29, 1.82) is 0 Å². The quantitative estimate of drug-likeness (QED) is 0.708. The van der Waals surface area contributed by atoms with E-state index in [1.54, 1.807) is 11.5 Å². The standard InChI is InChI=1S/C13H23NS/c1-6-8-12(9(3)7-2)13-10(4)11(5)15-14-13/h9,12H,6-8H2,1-5H3. The van der Waals surface area contributed by atoms with Crippen LogP contribution in [0.3, 0.4) is 0 Å². The van der Waals surface area contributed by atoms with Crippen LogP contribution >= 0.6 is 11.5 Å². The molecule has 0 fully saturated rings. The summed E-state index contributed by atoms with van der Waals surface area (Å²) in [7, 11) is 0. The van der Waals surface area contributed by atoms with Gasteiger partial charge in [0.1, 0.15) is 0 Å². The lowest BCUT2D eigenvalue weighted by atomic mass is 9.84. The number of aromatic nitrogens is 1. The average Bonchev–Trinajstić information content (AvgIpc) is 2.56. The van der Waals surface area contributed by atoms with E-state index in [0.717, 1.165) is 5.92 Å². The Kier molecular flexibility index (Phi) is 4.78. The van der Waals surface area contributed by atoms with Crippen molar-refractivity contribution in [3.63, 3.8) is 0 Å². The molecule has 1 aromatic heterocycles. The molecule has 0 bridgehead atoms. The van der Waals surface area contributed by atoms with Gasteiger partial charge in [-0.05, 0) is 43.3 Å². The van der Waals surface area contributed by atoms with E-state index in [0.29, 0.717) is 5.92 Å². The zero-order valence-corrected chi connectivity index (χ0v) is 11.4. The van der Waals surface area contributed by atoms with E-state index in [4.69, 9.17) is 0 Å². The van der Waals surface area contributed by atoms with Crippen LogP contribution in [0.4, 0.5) is 0 Å². The maximum atomic E-state index is 4.64. The second-order valence-corrected chi connectivity index (χ2v) is 5.51. The van der Waals surface area contributed by atoms with Crippen molar-refractivity contribution in [2.75, 3.05) is 0 Å². The molecule has 0 aliphatic carbocycles. The molecule has 1 nitrogen and oxygen atoms in total. The molecule has 0 aromatic carbocycles. The summed E-state index contributed by atoms with van der Waals surface area (Å²) in [6.45, 7) is 11.3. The SMILES string of the molecule is CCCC(c1nsc(C)c1C)C(C)CC. The maximum Gasteiger partial charge on any atom is 0.0607 e. The largest absolute Gasteiger partial charge is 0.197 e. The van der Waals surface area contributed by atoms with Gasteiger partial charge in [0, 0.05) is 10.8 Å². The highest BCUT2D eigenvalue weighted by molar-refractivity contribution is 7.05. The second kappa shape index (κ2) is 5.64. The number of nitrogens with zero attached hydrogens (tertiary/aromatic N) is 1. The molecule has 2 heteroatoms. The van der Waals surface area contributed by atoms with E-state index < -0.39 is 0 Å². The van der Waals surface area contributed by atoms with Crippen molar-refractivity contribution < 1.29 is 0 Å². The van der Waals surface area contributed by atoms with E-state index in [1.165, 1.54) is 35.4 Å². The molecule has 0 aliphatic rings. The van der Waals surface area contributed by atoms with Gasteiger partial charge >= 0.3 is 0 Å². The lowest BCUT2D eigenvalue weighted by Gasteiger charge is -2.21. The fourth-order valence-corrected chi connectivity index (χ4v) is 2.82. The number of rotatable bonds is 5. The van der Waals surface area contributed by atoms with Gasteiger partial charge in [0.05, 0.1) is 5.69 Å². The lowest BCUT2D eigenvalue weighted by Crippen LogP contribution is -2.10. The van der Waals surface area contributed by atoms with Crippen molar-refractivity contribution >= 4 is 11.5 Å². The smallest absolute Gasteiger partial charge is 0.0607 e. The van der Waals surface area contributed by atoms with Crippen LogP contribution in [0.5, 0.6) is 0 Å². The molecule has 1 heterocycles. The van der Waals surface area contributed by atoms with E-state index in [2.05, 4.69) is 39.0 Å². The Hall–Kier alpha value is -0.370. The summed E-state index contributed by atoms with van der Waals surface area (Å²) < 4.78 is 4.64. The molecule has 0 saturated carbocycles. The molecule has 1 aromatic rings. The Morgan fingerprint density at radius 1 is 1.27 bits per heavy atom. The lowest BCUT2D eigenvalue weighted by molar-refractivity contribution is 0.412. The van der Waals surface area contributed by atoms with Gasteiger partial charge in [-0.3, -0.25) is 0 Å². The highest BCUT2D eigenvalue weighted by Gasteiger charge is 2.22. The first-order valence-corrected chi connectivity index (χ1v) is 6.81. The minimum absolute atomic E-state index is 0.671. The fourth-order valence-electron chi connectivity index (χ4n) is 2.07. The van der Waals surface area contributed by atoms with E-state index >= 15 is 0 Å². The van der Waals surface area contributed by atoms with Gasteiger partial charge in [-0.2, -0.15) is 4.37 Å². The van der Waals surface area contributed by atoms with Crippen molar-refractivity contribution in [3.8, 4) is 0 Å². The summed E-state index contributed by atoms with van der Waals surface area (Å²) in [4.78, 5) is 1.38. The highest BCUT2D eigenvalue weighted by atomic mass is 32.1. The first-order valence-electron chi connectivity index (χ1n) is 6.04. The van der Waals surface area contributed by atoms with Gasteiger partial charge in [-0.1, -0.05) is 33.6 Å². The van der Waals surface area contributed by atoms with E-state index in [1.807, 2.05) is 0 Å². The summed E-state index contributed by atoms with van der Waals surface area (Å²) in [6.07, 6.45) is 3.78. The Labute approximate surface area is 98.1 Å². The predicted molar refractivity (Wildman–Crippen MR) is 68.7 cm³/mol. The molecule has 1 rings (SSSR count). The molecule has 86 valence electrons. The molecule has 0 radical (unpaired) electrons. The maximum absolute atomic E-state index is 4.64. The molecule has 0 amide bonds.